The van der Waals surface area contributed by atoms with Crippen molar-refractivity contribution in [2.75, 3.05) is 5.01 Å². The lowest BCUT2D eigenvalue weighted by atomic mass is 10.1. The molecule has 2 aromatic rings. The van der Waals surface area contributed by atoms with Crippen LogP contribution in [0.4, 0.5) is 11.4 Å². The smallest absolute Gasteiger partial charge is 0.337 e. The van der Waals surface area contributed by atoms with E-state index in [0.717, 1.165) is 0 Å². The predicted molar refractivity (Wildman–Crippen MR) is 102 cm³/mol. The van der Waals surface area contributed by atoms with E-state index in [0.29, 0.717) is 16.4 Å². The van der Waals surface area contributed by atoms with E-state index in [9.17, 15) is 14.7 Å². The quantitative estimate of drug-likeness (QED) is 0.784. The highest BCUT2D eigenvalue weighted by molar-refractivity contribution is 6.35. The van der Waals surface area contributed by atoms with Crippen LogP contribution in [-0.2, 0) is 4.79 Å². The number of amides is 1. The van der Waals surface area contributed by atoms with Gasteiger partial charge in [-0.15, -0.1) is 0 Å². The highest BCUT2D eigenvalue weighted by Gasteiger charge is 2.34. The predicted octanol–water partition coefficient (Wildman–Crippen LogP) is 4.43. The van der Waals surface area contributed by atoms with Crippen LogP contribution in [0, 0.1) is 5.92 Å². The van der Waals surface area contributed by atoms with E-state index >= 15 is 0 Å². The van der Waals surface area contributed by atoms with Gasteiger partial charge in [0, 0.05) is 6.21 Å². The first kappa shape index (κ1) is 18.1. The van der Waals surface area contributed by atoms with Crippen LogP contribution in [0.5, 0.6) is 0 Å². The van der Waals surface area contributed by atoms with Crippen LogP contribution in [0.2, 0.25) is 10.0 Å². The molecule has 0 radical (unpaired) electrons. The molecule has 8 heteroatoms. The molecule has 1 aliphatic heterocycles. The zero-order valence-electron chi connectivity index (χ0n) is 13.6. The third-order valence-electron chi connectivity index (χ3n) is 3.83. The Kier molecular flexibility index (Phi) is 5.06. The summed E-state index contributed by atoms with van der Waals surface area (Å²) in [5, 5.41) is 15.3. The van der Waals surface area contributed by atoms with Crippen molar-refractivity contribution >= 4 is 58.4 Å². The largest absolute Gasteiger partial charge is 0.478 e. The number of aromatic carboxylic acids is 1. The average molecular weight is 390 g/mol. The minimum absolute atomic E-state index is 0.0447. The molecule has 0 spiro atoms. The highest BCUT2D eigenvalue weighted by Crippen LogP contribution is 2.32. The van der Waals surface area contributed by atoms with Gasteiger partial charge in [0.15, 0.2) is 0 Å². The van der Waals surface area contributed by atoms with Crippen molar-refractivity contribution in [1.82, 2.24) is 0 Å². The number of hydrazone groups is 1. The van der Waals surface area contributed by atoms with Crippen LogP contribution < -0.4 is 5.01 Å². The van der Waals surface area contributed by atoms with Gasteiger partial charge in [0.05, 0.1) is 32.7 Å². The molecule has 1 amide bonds. The lowest BCUT2D eigenvalue weighted by molar-refractivity contribution is -0.118. The van der Waals surface area contributed by atoms with Crippen molar-refractivity contribution in [3.63, 3.8) is 0 Å². The van der Waals surface area contributed by atoms with Gasteiger partial charge in [0.1, 0.15) is 5.92 Å². The van der Waals surface area contributed by atoms with Crippen molar-refractivity contribution < 1.29 is 14.7 Å². The fraction of sp³-hybridized carbons (Fsp3) is 0.111. The maximum atomic E-state index is 12.7. The number of carbonyl (C=O) groups is 2. The van der Waals surface area contributed by atoms with Gasteiger partial charge < -0.3 is 5.11 Å². The Morgan fingerprint density at radius 3 is 2.58 bits per heavy atom. The zero-order chi connectivity index (χ0) is 18.8. The molecule has 0 aliphatic carbocycles. The van der Waals surface area contributed by atoms with Gasteiger partial charge in [-0.25, -0.2) is 4.79 Å². The summed E-state index contributed by atoms with van der Waals surface area (Å²) >= 11 is 12.2. The van der Waals surface area contributed by atoms with E-state index in [-0.39, 0.29) is 22.2 Å². The second-order valence-electron chi connectivity index (χ2n) is 5.54. The van der Waals surface area contributed by atoms with Crippen LogP contribution in [0.25, 0.3) is 0 Å². The van der Waals surface area contributed by atoms with Gasteiger partial charge in [-0.1, -0.05) is 41.4 Å². The number of carboxylic acids is 1. The Hall–Kier alpha value is -2.70. The molecule has 0 saturated heterocycles. The number of benzene rings is 2. The first-order valence-electron chi connectivity index (χ1n) is 7.59. The number of aliphatic imine (C=N–C) groups is 1. The molecule has 1 unspecified atom stereocenters. The van der Waals surface area contributed by atoms with E-state index in [1.54, 1.807) is 31.2 Å². The fourth-order valence-electron chi connectivity index (χ4n) is 2.52. The van der Waals surface area contributed by atoms with Gasteiger partial charge in [-0.3, -0.25) is 9.79 Å². The summed E-state index contributed by atoms with van der Waals surface area (Å²) in [5.41, 5.74) is 1.04. The molecule has 0 aromatic heterocycles. The molecule has 0 bridgehead atoms. The highest BCUT2D eigenvalue weighted by atomic mass is 35.5. The molecule has 6 nitrogen and oxygen atoms in total. The molecule has 1 atom stereocenters. The minimum Gasteiger partial charge on any atom is -0.478 e. The standard InChI is InChI=1S/C18H13Cl2N3O3/c1-10-12(9-21-16-11(18(25)26)5-4-7-14(16)20)17(24)23(22-10)15-8-3-2-6-13(15)19/h2-9,12H,1H3,(H,25,26)/b21-9+. The first-order chi connectivity index (χ1) is 12.4. The molecule has 1 aliphatic rings. The van der Waals surface area contributed by atoms with Crippen LogP contribution in [0.15, 0.2) is 52.6 Å². The van der Waals surface area contributed by atoms with Crippen molar-refractivity contribution in [1.29, 1.82) is 0 Å². The Morgan fingerprint density at radius 1 is 1.19 bits per heavy atom. The molecule has 0 saturated carbocycles. The van der Waals surface area contributed by atoms with Crippen molar-refractivity contribution in [2.45, 2.75) is 6.92 Å². The van der Waals surface area contributed by atoms with Crippen molar-refractivity contribution in [3.8, 4) is 0 Å². The monoisotopic (exact) mass is 389 g/mol. The van der Waals surface area contributed by atoms with E-state index in [4.69, 9.17) is 23.2 Å². The van der Waals surface area contributed by atoms with Crippen molar-refractivity contribution in [3.05, 3.63) is 58.1 Å². The molecule has 0 fully saturated rings. The molecule has 3 rings (SSSR count). The molecular formula is C18H13Cl2N3O3. The molecule has 26 heavy (non-hydrogen) atoms. The van der Waals surface area contributed by atoms with Crippen LogP contribution in [-0.4, -0.2) is 28.9 Å². The van der Waals surface area contributed by atoms with Gasteiger partial charge in [-0.2, -0.15) is 10.1 Å². The number of carboxylic acid groups (broad SMARTS) is 1. The Labute approximate surface area is 159 Å². The van der Waals surface area contributed by atoms with E-state index in [2.05, 4.69) is 10.1 Å². The van der Waals surface area contributed by atoms with E-state index in [1.165, 1.54) is 29.4 Å². The van der Waals surface area contributed by atoms with Gasteiger partial charge in [-0.05, 0) is 31.2 Å². The average Bonchev–Trinajstić information content (AvgIpc) is 2.88. The third kappa shape index (κ3) is 3.34. The number of hydrogen-bond donors (Lipinski definition) is 1. The Balaban J connectivity index is 1.92. The zero-order valence-corrected chi connectivity index (χ0v) is 15.1. The summed E-state index contributed by atoms with van der Waals surface area (Å²) in [6.45, 7) is 1.69. The molecule has 1 heterocycles. The Bertz CT molecular complexity index is 956. The molecule has 2 aromatic carbocycles. The number of rotatable bonds is 4. The summed E-state index contributed by atoms with van der Waals surface area (Å²) in [6.07, 6.45) is 1.35. The minimum atomic E-state index is -1.15. The molecule has 1 N–H and O–H groups in total. The molecule has 132 valence electrons. The number of nitrogens with zero attached hydrogens (tertiary/aromatic N) is 3. The summed E-state index contributed by atoms with van der Waals surface area (Å²) in [5.74, 6) is -2.21. The fourth-order valence-corrected chi connectivity index (χ4v) is 2.95. The second-order valence-corrected chi connectivity index (χ2v) is 6.35. The van der Waals surface area contributed by atoms with E-state index < -0.39 is 11.9 Å². The van der Waals surface area contributed by atoms with Crippen LogP contribution in [0.1, 0.15) is 17.3 Å². The third-order valence-corrected chi connectivity index (χ3v) is 4.46. The number of carbonyl (C=O) groups excluding carboxylic acids is 1. The van der Waals surface area contributed by atoms with Gasteiger partial charge >= 0.3 is 5.97 Å². The van der Waals surface area contributed by atoms with Crippen LogP contribution in [0.3, 0.4) is 0 Å². The normalized spacial score (nSPS) is 17.0. The lowest BCUT2D eigenvalue weighted by Gasteiger charge is -2.14. The molecular weight excluding hydrogens is 377 g/mol. The number of anilines is 1. The summed E-state index contributed by atoms with van der Waals surface area (Å²) < 4.78 is 0. The Morgan fingerprint density at radius 2 is 1.88 bits per heavy atom. The van der Waals surface area contributed by atoms with Crippen molar-refractivity contribution in [2.24, 2.45) is 16.0 Å². The number of hydrogen-bond acceptors (Lipinski definition) is 4. The van der Waals surface area contributed by atoms with Gasteiger partial charge in [0.25, 0.3) is 5.91 Å². The summed E-state index contributed by atoms with van der Waals surface area (Å²) in [4.78, 5) is 28.2. The first-order valence-corrected chi connectivity index (χ1v) is 8.35. The lowest BCUT2D eigenvalue weighted by Crippen LogP contribution is -2.28. The maximum absolute atomic E-state index is 12.7. The summed E-state index contributed by atoms with van der Waals surface area (Å²) in [7, 11) is 0. The SMILES string of the molecule is CC1=NN(c2ccccc2Cl)C(=O)C1/C=N/c1c(Cl)cccc1C(=O)O. The topological polar surface area (TPSA) is 82.3 Å². The number of halogens is 2. The van der Waals surface area contributed by atoms with Gasteiger partial charge in [0.2, 0.25) is 0 Å². The van der Waals surface area contributed by atoms with E-state index in [1.807, 2.05) is 0 Å². The second kappa shape index (κ2) is 7.27. The number of para-hydroxylation sites is 2. The maximum Gasteiger partial charge on any atom is 0.337 e. The summed E-state index contributed by atoms with van der Waals surface area (Å²) in [6, 6.07) is 11.3. The van der Waals surface area contributed by atoms with Crippen LogP contribution >= 0.6 is 23.2 Å².